The third-order valence-corrected chi connectivity index (χ3v) is 4.24. The summed E-state index contributed by atoms with van der Waals surface area (Å²) in [7, 11) is 0. The van der Waals surface area contributed by atoms with Crippen molar-refractivity contribution in [3.8, 4) is 11.4 Å². The summed E-state index contributed by atoms with van der Waals surface area (Å²) in [4.78, 5) is 16.2. The molecular formula is C17H22ClFN4O2. The van der Waals surface area contributed by atoms with Crippen LogP contribution in [0.25, 0.3) is 11.4 Å². The highest BCUT2D eigenvalue weighted by Crippen LogP contribution is 2.32. The Morgan fingerprint density at radius 1 is 1.48 bits per heavy atom. The van der Waals surface area contributed by atoms with E-state index in [0.717, 1.165) is 12.8 Å². The molecule has 1 aliphatic rings. The van der Waals surface area contributed by atoms with Crippen molar-refractivity contribution in [2.45, 2.75) is 38.6 Å². The van der Waals surface area contributed by atoms with Gasteiger partial charge in [0.25, 0.3) is 0 Å². The number of hydrogen-bond donors (Lipinski definition) is 2. The fraction of sp³-hybridized carbons (Fsp3) is 0.471. The first-order valence-corrected chi connectivity index (χ1v) is 8.15. The third kappa shape index (κ3) is 4.99. The second-order valence-electron chi connectivity index (χ2n) is 6.22. The molecule has 6 nitrogen and oxygen atoms in total. The second-order valence-corrected chi connectivity index (χ2v) is 6.22. The number of amides is 1. The first-order valence-electron chi connectivity index (χ1n) is 8.15. The summed E-state index contributed by atoms with van der Waals surface area (Å²) in [6.45, 7) is 2.14. The van der Waals surface area contributed by atoms with Crippen molar-refractivity contribution in [1.82, 2.24) is 15.5 Å². The van der Waals surface area contributed by atoms with Crippen LogP contribution in [0.4, 0.5) is 4.39 Å². The zero-order valence-corrected chi connectivity index (χ0v) is 14.8. The molecule has 0 saturated heterocycles. The summed E-state index contributed by atoms with van der Waals surface area (Å²) in [5.41, 5.74) is 6.88. The summed E-state index contributed by atoms with van der Waals surface area (Å²) in [5, 5.41) is 6.85. The SMILES string of the molecule is Cc1cc(-c2noc(CCC(=O)NC(CN)C3CC3)n2)ccc1F.Cl. The molecule has 3 rings (SSSR count). The molecule has 1 aliphatic carbocycles. The second kappa shape index (κ2) is 8.40. The molecular weight excluding hydrogens is 347 g/mol. The molecule has 1 unspecified atom stereocenters. The van der Waals surface area contributed by atoms with Gasteiger partial charge in [-0.05, 0) is 49.4 Å². The minimum Gasteiger partial charge on any atom is -0.352 e. The largest absolute Gasteiger partial charge is 0.352 e. The lowest BCUT2D eigenvalue weighted by Gasteiger charge is -2.15. The van der Waals surface area contributed by atoms with E-state index in [9.17, 15) is 9.18 Å². The highest BCUT2D eigenvalue weighted by molar-refractivity contribution is 5.85. The molecule has 1 saturated carbocycles. The van der Waals surface area contributed by atoms with E-state index in [1.54, 1.807) is 19.1 Å². The molecule has 0 aliphatic heterocycles. The van der Waals surface area contributed by atoms with Gasteiger partial charge in [0.1, 0.15) is 5.82 Å². The molecule has 25 heavy (non-hydrogen) atoms. The lowest BCUT2D eigenvalue weighted by Crippen LogP contribution is -2.41. The van der Waals surface area contributed by atoms with Crippen LogP contribution in [0.2, 0.25) is 0 Å². The van der Waals surface area contributed by atoms with E-state index < -0.39 is 0 Å². The predicted octanol–water partition coefficient (Wildman–Crippen LogP) is 2.39. The predicted molar refractivity (Wildman–Crippen MR) is 93.7 cm³/mol. The van der Waals surface area contributed by atoms with Gasteiger partial charge in [0, 0.05) is 31.0 Å². The molecule has 2 aromatic rings. The van der Waals surface area contributed by atoms with Gasteiger partial charge in [0.05, 0.1) is 0 Å². The minimum absolute atomic E-state index is 0. The molecule has 136 valence electrons. The van der Waals surface area contributed by atoms with Crippen LogP contribution in [0, 0.1) is 18.7 Å². The number of hydrogen-bond acceptors (Lipinski definition) is 5. The molecule has 1 aromatic carbocycles. The molecule has 0 radical (unpaired) electrons. The van der Waals surface area contributed by atoms with Crippen LogP contribution < -0.4 is 11.1 Å². The molecule has 8 heteroatoms. The number of aromatic nitrogens is 2. The average molecular weight is 369 g/mol. The number of rotatable bonds is 7. The van der Waals surface area contributed by atoms with Gasteiger partial charge in [-0.15, -0.1) is 12.4 Å². The Hall–Kier alpha value is -1.99. The number of nitrogens with zero attached hydrogens (tertiary/aromatic N) is 2. The quantitative estimate of drug-likeness (QED) is 0.782. The maximum Gasteiger partial charge on any atom is 0.227 e. The molecule has 3 N–H and O–H groups in total. The molecule has 1 fully saturated rings. The highest BCUT2D eigenvalue weighted by atomic mass is 35.5. The van der Waals surface area contributed by atoms with Crippen molar-refractivity contribution in [3.05, 3.63) is 35.5 Å². The lowest BCUT2D eigenvalue weighted by molar-refractivity contribution is -0.121. The van der Waals surface area contributed by atoms with Gasteiger partial charge in [-0.25, -0.2) is 4.39 Å². The van der Waals surface area contributed by atoms with E-state index in [1.807, 2.05) is 0 Å². The normalized spacial score (nSPS) is 14.7. The van der Waals surface area contributed by atoms with E-state index in [-0.39, 0.29) is 36.6 Å². The lowest BCUT2D eigenvalue weighted by atomic mass is 10.1. The summed E-state index contributed by atoms with van der Waals surface area (Å²) in [6, 6.07) is 4.71. The smallest absolute Gasteiger partial charge is 0.227 e. The maximum absolute atomic E-state index is 13.3. The van der Waals surface area contributed by atoms with Gasteiger partial charge in [-0.3, -0.25) is 4.79 Å². The van der Waals surface area contributed by atoms with Gasteiger partial charge in [-0.2, -0.15) is 4.98 Å². The van der Waals surface area contributed by atoms with Crippen LogP contribution in [0.3, 0.4) is 0 Å². The van der Waals surface area contributed by atoms with Crippen LogP contribution in [0.1, 0.15) is 30.7 Å². The number of carbonyl (C=O) groups is 1. The van der Waals surface area contributed by atoms with Crippen molar-refractivity contribution < 1.29 is 13.7 Å². The van der Waals surface area contributed by atoms with Crippen molar-refractivity contribution >= 4 is 18.3 Å². The Balaban J connectivity index is 0.00000225. The molecule has 1 heterocycles. The Kier molecular flexibility index (Phi) is 6.50. The van der Waals surface area contributed by atoms with Crippen molar-refractivity contribution in [2.24, 2.45) is 11.7 Å². The van der Waals surface area contributed by atoms with E-state index in [4.69, 9.17) is 10.3 Å². The summed E-state index contributed by atoms with van der Waals surface area (Å²) in [5.74, 6) is 0.971. The first-order chi connectivity index (χ1) is 11.6. The number of nitrogens with two attached hydrogens (primary N) is 1. The van der Waals surface area contributed by atoms with Gasteiger partial charge < -0.3 is 15.6 Å². The van der Waals surface area contributed by atoms with Crippen LogP contribution in [-0.4, -0.2) is 28.6 Å². The fourth-order valence-corrected chi connectivity index (χ4v) is 2.62. The fourth-order valence-electron chi connectivity index (χ4n) is 2.62. The molecule has 1 atom stereocenters. The van der Waals surface area contributed by atoms with Crippen molar-refractivity contribution in [3.63, 3.8) is 0 Å². The third-order valence-electron chi connectivity index (χ3n) is 4.24. The molecule has 1 amide bonds. The highest BCUT2D eigenvalue weighted by Gasteiger charge is 2.31. The number of benzene rings is 1. The van der Waals surface area contributed by atoms with E-state index in [0.29, 0.717) is 41.7 Å². The monoisotopic (exact) mass is 368 g/mol. The number of aryl methyl sites for hydroxylation is 2. The zero-order valence-electron chi connectivity index (χ0n) is 14.0. The Morgan fingerprint density at radius 2 is 2.24 bits per heavy atom. The van der Waals surface area contributed by atoms with Gasteiger partial charge >= 0.3 is 0 Å². The number of nitrogens with one attached hydrogen (secondary N) is 1. The van der Waals surface area contributed by atoms with Gasteiger partial charge in [0.2, 0.25) is 17.6 Å². The Morgan fingerprint density at radius 3 is 2.88 bits per heavy atom. The van der Waals surface area contributed by atoms with Gasteiger partial charge in [-0.1, -0.05) is 5.16 Å². The zero-order chi connectivity index (χ0) is 17.1. The Labute approximate surface area is 151 Å². The average Bonchev–Trinajstić information content (AvgIpc) is 3.31. The summed E-state index contributed by atoms with van der Waals surface area (Å²) < 4.78 is 18.5. The van der Waals surface area contributed by atoms with Crippen LogP contribution in [-0.2, 0) is 11.2 Å². The minimum atomic E-state index is -0.274. The van der Waals surface area contributed by atoms with Crippen molar-refractivity contribution in [2.75, 3.05) is 6.54 Å². The van der Waals surface area contributed by atoms with Crippen LogP contribution >= 0.6 is 12.4 Å². The Bertz CT molecular complexity index is 733. The van der Waals surface area contributed by atoms with E-state index in [1.165, 1.54) is 6.07 Å². The number of carbonyl (C=O) groups excluding carboxylic acids is 1. The van der Waals surface area contributed by atoms with Gasteiger partial charge in [0.15, 0.2) is 0 Å². The summed E-state index contributed by atoms with van der Waals surface area (Å²) in [6.07, 6.45) is 2.90. The van der Waals surface area contributed by atoms with E-state index >= 15 is 0 Å². The topological polar surface area (TPSA) is 94.0 Å². The molecule has 0 bridgehead atoms. The molecule has 1 aromatic heterocycles. The maximum atomic E-state index is 13.3. The van der Waals surface area contributed by atoms with Crippen LogP contribution in [0.5, 0.6) is 0 Å². The standard InChI is InChI=1S/C17H21FN4O2.ClH/c1-10-8-12(4-5-13(10)18)17-21-16(24-22-17)7-6-15(23)20-14(9-19)11-2-3-11;/h4-5,8,11,14H,2-3,6-7,9,19H2,1H3,(H,20,23);1H. The van der Waals surface area contributed by atoms with Crippen molar-refractivity contribution in [1.29, 1.82) is 0 Å². The molecule has 0 spiro atoms. The first kappa shape index (κ1) is 19.3. The number of halogens is 2. The van der Waals surface area contributed by atoms with Crippen LogP contribution in [0.15, 0.2) is 22.7 Å². The summed E-state index contributed by atoms with van der Waals surface area (Å²) >= 11 is 0. The van der Waals surface area contributed by atoms with E-state index in [2.05, 4.69) is 15.5 Å².